The molecule has 0 saturated carbocycles. The van der Waals surface area contributed by atoms with Crippen LogP contribution in [0, 0.1) is 0 Å². The van der Waals surface area contributed by atoms with Gasteiger partial charge in [0.25, 0.3) is 0 Å². The van der Waals surface area contributed by atoms with Crippen molar-refractivity contribution in [3.05, 3.63) is 0 Å². The van der Waals surface area contributed by atoms with Crippen LogP contribution in [0.1, 0.15) is 6.42 Å². The minimum absolute atomic E-state index is 0.0813. The highest BCUT2D eigenvalue weighted by molar-refractivity contribution is 7.99. The van der Waals surface area contributed by atoms with Crippen molar-refractivity contribution in [3.8, 4) is 0 Å². The molecule has 0 aromatic rings. The van der Waals surface area contributed by atoms with Gasteiger partial charge in [0, 0.05) is 37.1 Å². The molecule has 3 N–H and O–H groups in total. The first-order chi connectivity index (χ1) is 8.03. The predicted octanol–water partition coefficient (Wildman–Crippen LogP) is -1.25. The maximum Gasteiger partial charge on any atom is 0.221 e. The maximum absolute atomic E-state index is 11.5. The van der Waals surface area contributed by atoms with E-state index in [1.54, 1.807) is 0 Å². The number of carbonyl (C=O) groups excluding carboxylic acids is 1. The minimum Gasteiger partial charge on any atom is -0.355 e. The Morgan fingerprint density at radius 1 is 1.53 bits per heavy atom. The van der Waals surface area contributed by atoms with E-state index in [0.717, 1.165) is 18.1 Å². The molecule has 0 spiro atoms. The number of hydrogen-bond donors (Lipinski definition) is 3. The molecule has 1 rings (SSSR count). The molecular formula is C9H19N3O3S2. The Labute approximate surface area is 106 Å². The molecule has 0 aromatic carbocycles. The van der Waals surface area contributed by atoms with Crippen LogP contribution < -0.4 is 15.4 Å². The summed E-state index contributed by atoms with van der Waals surface area (Å²) in [5.74, 6) is 1.83. The van der Waals surface area contributed by atoms with Crippen LogP contribution in [0.15, 0.2) is 0 Å². The molecule has 1 amide bonds. The Balaban J connectivity index is 2.16. The molecule has 6 nitrogen and oxygen atoms in total. The summed E-state index contributed by atoms with van der Waals surface area (Å²) in [5.41, 5.74) is 0. The van der Waals surface area contributed by atoms with Crippen molar-refractivity contribution in [1.29, 1.82) is 0 Å². The summed E-state index contributed by atoms with van der Waals surface area (Å²) in [5, 5.41) is 5.87. The van der Waals surface area contributed by atoms with E-state index in [1.165, 1.54) is 7.05 Å². The van der Waals surface area contributed by atoms with Gasteiger partial charge in [-0.25, -0.2) is 13.1 Å². The van der Waals surface area contributed by atoms with Crippen LogP contribution in [-0.4, -0.2) is 57.8 Å². The summed E-state index contributed by atoms with van der Waals surface area (Å²) < 4.78 is 24.4. The van der Waals surface area contributed by atoms with Crippen molar-refractivity contribution in [2.24, 2.45) is 0 Å². The standard InChI is InChI=1S/C9H19N3O3S2/c1-10-17(14,15)5-3-12-9(13)6-8-7-16-4-2-11-8/h8,10-11H,2-7H2,1H3,(H,12,13). The van der Waals surface area contributed by atoms with Crippen LogP contribution in [0.5, 0.6) is 0 Å². The molecule has 1 aliphatic heterocycles. The van der Waals surface area contributed by atoms with E-state index >= 15 is 0 Å². The molecule has 1 heterocycles. The summed E-state index contributed by atoms with van der Waals surface area (Å²) in [4.78, 5) is 11.5. The van der Waals surface area contributed by atoms with Crippen LogP contribution in [-0.2, 0) is 14.8 Å². The predicted molar refractivity (Wildman–Crippen MR) is 69.6 cm³/mol. The van der Waals surface area contributed by atoms with Crippen molar-refractivity contribution in [1.82, 2.24) is 15.4 Å². The maximum atomic E-state index is 11.5. The molecule has 100 valence electrons. The lowest BCUT2D eigenvalue weighted by Crippen LogP contribution is -2.42. The molecular weight excluding hydrogens is 262 g/mol. The summed E-state index contributed by atoms with van der Waals surface area (Å²) in [6, 6.07) is 0.203. The molecule has 1 atom stereocenters. The van der Waals surface area contributed by atoms with Crippen molar-refractivity contribution in [2.75, 3.05) is 37.4 Å². The van der Waals surface area contributed by atoms with Gasteiger partial charge in [-0.15, -0.1) is 0 Å². The highest BCUT2D eigenvalue weighted by atomic mass is 32.2. The van der Waals surface area contributed by atoms with E-state index in [9.17, 15) is 13.2 Å². The van der Waals surface area contributed by atoms with Crippen LogP contribution in [0.25, 0.3) is 0 Å². The van der Waals surface area contributed by atoms with Gasteiger partial charge in [-0.3, -0.25) is 4.79 Å². The van der Waals surface area contributed by atoms with Gasteiger partial charge < -0.3 is 10.6 Å². The second-order valence-electron chi connectivity index (χ2n) is 3.80. The number of rotatable bonds is 6. The number of hydrogen-bond acceptors (Lipinski definition) is 5. The third-order valence-corrected chi connectivity index (χ3v) is 4.93. The van der Waals surface area contributed by atoms with E-state index in [-0.39, 0.29) is 24.2 Å². The fourth-order valence-electron chi connectivity index (χ4n) is 1.47. The van der Waals surface area contributed by atoms with Crippen LogP contribution in [0.3, 0.4) is 0 Å². The molecule has 8 heteroatoms. The Hall–Kier alpha value is -0.310. The van der Waals surface area contributed by atoms with Gasteiger partial charge in [-0.05, 0) is 7.05 Å². The Bertz CT molecular complexity index is 339. The topological polar surface area (TPSA) is 87.3 Å². The first-order valence-electron chi connectivity index (χ1n) is 5.52. The number of carbonyl (C=O) groups is 1. The lowest BCUT2D eigenvalue weighted by atomic mass is 10.2. The molecule has 1 saturated heterocycles. The molecule has 17 heavy (non-hydrogen) atoms. The lowest BCUT2D eigenvalue weighted by molar-refractivity contribution is -0.121. The molecule has 0 aromatic heterocycles. The summed E-state index contributed by atoms with van der Waals surface area (Å²) in [6.07, 6.45) is 0.409. The Kier molecular flexibility index (Phi) is 6.24. The largest absolute Gasteiger partial charge is 0.355 e. The average Bonchev–Trinajstić information content (AvgIpc) is 2.30. The Morgan fingerprint density at radius 3 is 2.88 bits per heavy atom. The fraction of sp³-hybridized carbons (Fsp3) is 0.889. The zero-order valence-electron chi connectivity index (χ0n) is 9.86. The number of amides is 1. The van der Waals surface area contributed by atoms with Crippen molar-refractivity contribution >= 4 is 27.7 Å². The van der Waals surface area contributed by atoms with E-state index in [1.807, 2.05) is 11.8 Å². The summed E-state index contributed by atoms with van der Waals surface area (Å²) >= 11 is 1.83. The monoisotopic (exact) mass is 281 g/mol. The molecule has 0 radical (unpaired) electrons. The van der Waals surface area contributed by atoms with Crippen LogP contribution in [0.2, 0.25) is 0 Å². The van der Waals surface area contributed by atoms with Gasteiger partial charge in [0.2, 0.25) is 15.9 Å². The first kappa shape index (κ1) is 14.7. The highest BCUT2D eigenvalue weighted by Crippen LogP contribution is 2.09. The van der Waals surface area contributed by atoms with Crippen LogP contribution >= 0.6 is 11.8 Å². The average molecular weight is 281 g/mol. The number of nitrogens with one attached hydrogen (secondary N) is 3. The van der Waals surface area contributed by atoms with Gasteiger partial charge >= 0.3 is 0 Å². The number of thioether (sulfide) groups is 1. The van der Waals surface area contributed by atoms with E-state index < -0.39 is 10.0 Å². The van der Waals surface area contributed by atoms with Gasteiger partial charge in [0.1, 0.15) is 0 Å². The first-order valence-corrected chi connectivity index (χ1v) is 8.33. The quantitative estimate of drug-likeness (QED) is 0.566. The summed E-state index contributed by atoms with van der Waals surface area (Å²) in [6.45, 7) is 1.08. The summed E-state index contributed by atoms with van der Waals surface area (Å²) in [7, 11) is -1.87. The van der Waals surface area contributed by atoms with Crippen LogP contribution in [0.4, 0.5) is 0 Å². The lowest BCUT2D eigenvalue weighted by Gasteiger charge is -2.22. The van der Waals surface area contributed by atoms with Crippen molar-refractivity contribution in [3.63, 3.8) is 0 Å². The smallest absolute Gasteiger partial charge is 0.221 e. The third-order valence-electron chi connectivity index (χ3n) is 2.43. The molecule has 1 aliphatic rings. The van der Waals surface area contributed by atoms with E-state index in [2.05, 4.69) is 15.4 Å². The zero-order valence-corrected chi connectivity index (χ0v) is 11.5. The van der Waals surface area contributed by atoms with Gasteiger partial charge in [-0.1, -0.05) is 0 Å². The number of sulfonamides is 1. The fourth-order valence-corrected chi connectivity index (χ4v) is 3.00. The second-order valence-corrected chi connectivity index (χ2v) is 7.00. The SMILES string of the molecule is CNS(=O)(=O)CCNC(=O)CC1CSCCN1. The van der Waals surface area contributed by atoms with Crippen molar-refractivity contribution < 1.29 is 13.2 Å². The van der Waals surface area contributed by atoms with Gasteiger partial charge in [-0.2, -0.15) is 11.8 Å². The van der Waals surface area contributed by atoms with Gasteiger partial charge in [0.15, 0.2) is 0 Å². The zero-order chi connectivity index (χ0) is 12.7. The molecule has 0 bridgehead atoms. The normalized spacial score (nSPS) is 21.1. The van der Waals surface area contributed by atoms with E-state index in [4.69, 9.17) is 0 Å². The second kappa shape index (κ2) is 7.20. The van der Waals surface area contributed by atoms with Gasteiger partial charge in [0.05, 0.1) is 5.75 Å². The molecule has 0 aliphatic carbocycles. The Morgan fingerprint density at radius 2 is 2.29 bits per heavy atom. The van der Waals surface area contributed by atoms with Crippen molar-refractivity contribution in [2.45, 2.75) is 12.5 Å². The molecule has 1 unspecified atom stereocenters. The molecule has 1 fully saturated rings. The third kappa shape index (κ3) is 6.25. The minimum atomic E-state index is -3.23. The van der Waals surface area contributed by atoms with E-state index in [0.29, 0.717) is 6.42 Å². The highest BCUT2D eigenvalue weighted by Gasteiger charge is 2.16.